The number of benzene rings is 3. The summed E-state index contributed by atoms with van der Waals surface area (Å²) >= 11 is 0. The van der Waals surface area contributed by atoms with Gasteiger partial charge in [0.15, 0.2) is 0 Å². The molecule has 130 valence electrons. The second-order valence-electron chi connectivity index (χ2n) is 4.53. The number of hydrogen-bond acceptors (Lipinski definition) is 0. The van der Waals surface area contributed by atoms with Crippen molar-refractivity contribution in [3.63, 3.8) is 0 Å². The SMILES string of the molecule is C#Cc1ccccc1.C#Cc1ccccc1.C#Cc1ccccc1.[C-]#[O+].[W]. The molecule has 3 rings (SSSR count). The second-order valence-corrected chi connectivity index (χ2v) is 4.53. The Kier molecular flexibility index (Phi) is 18.4. The van der Waals surface area contributed by atoms with Gasteiger partial charge in [0.1, 0.15) is 0 Å². The molecule has 0 fully saturated rings. The Balaban J connectivity index is 0. The predicted molar refractivity (Wildman–Crippen MR) is 107 cm³/mol. The van der Waals surface area contributed by atoms with Crippen molar-refractivity contribution in [1.82, 2.24) is 0 Å². The third-order valence-corrected chi connectivity index (χ3v) is 2.82. The summed E-state index contributed by atoms with van der Waals surface area (Å²) in [7, 11) is 0. The quantitative estimate of drug-likeness (QED) is 0.228. The van der Waals surface area contributed by atoms with Crippen molar-refractivity contribution in [3.05, 3.63) is 114 Å². The number of terminal acetylenes is 3. The van der Waals surface area contributed by atoms with Crippen molar-refractivity contribution in [3.8, 4) is 37.0 Å². The van der Waals surface area contributed by atoms with E-state index in [0.717, 1.165) is 16.7 Å². The van der Waals surface area contributed by atoms with E-state index < -0.39 is 0 Å². The Morgan fingerprint density at radius 2 is 0.667 bits per heavy atom. The van der Waals surface area contributed by atoms with Crippen molar-refractivity contribution in [2.75, 3.05) is 0 Å². The van der Waals surface area contributed by atoms with Crippen molar-refractivity contribution in [2.45, 2.75) is 0 Å². The van der Waals surface area contributed by atoms with E-state index >= 15 is 0 Å². The van der Waals surface area contributed by atoms with Gasteiger partial charge in [-0.05, 0) is 36.4 Å². The minimum Gasteiger partial charge on any atom is 0 e. The van der Waals surface area contributed by atoms with Crippen LogP contribution < -0.4 is 0 Å². The standard InChI is InChI=1S/3C8H6.CO.W/c3*1-2-8-6-4-3-5-7-8;1-2;/h3*1,3-7H;;. The molecule has 0 bridgehead atoms. The molecular weight excluding hydrogens is 500 g/mol. The fourth-order valence-corrected chi connectivity index (χ4v) is 1.60. The zero-order valence-electron chi connectivity index (χ0n) is 14.7. The molecule has 2 heteroatoms. The van der Waals surface area contributed by atoms with E-state index in [-0.39, 0.29) is 21.1 Å². The first-order chi connectivity index (χ1) is 12.8. The van der Waals surface area contributed by atoms with E-state index in [1.54, 1.807) is 0 Å². The van der Waals surface area contributed by atoms with Gasteiger partial charge < -0.3 is 0 Å². The van der Waals surface area contributed by atoms with E-state index in [2.05, 4.69) is 24.4 Å². The molecule has 0 heterocycles. The maximum atomic E-state index is 7.50. The molecule has 0 saturated heterocycles. The average molecular weight is 518 g/mol. The average Bonchev–Trinajstić information content (AvgIpc) is 2.77. The van der Waals surface area contributed by atoms with E-state index in [1.165, 1.54) is 0 Å². The van der Waals surface area contributed by atoms with Gasteiger partial charge in [0.05, 0.1) is 0 Å². The van der Waals surface area contributed by atoms with Gasteiger partial charge in [0, 0.05) is 37.8 Å². The van der Waals surface area contributed by atoms with E-state index in [9.17, 15) is 0 Å². The molecular formula is C25H18OW. The molecule has 0 N–H and O–H groups in total. The molecule has 0 aliphatic carbocycles. The van der Waals surface area contributed by atoms with Gasteiger partial charge >= 0.3 is 11.3 Å². The van der Waals surface area contributed by atoms with Crippen LogP contribution in [0.5, 0.6) is 0 Å². The summed E-state index contributed by atoms with van der Waals surface area (Å²) in [6.07, 6.45) is 15.3. The van der Waals surface area contributed by atoms with Crippen LogP contribution in [0.3, 0.4) is 0 Å². The van der Waals surface area contributed by atoms with Crippen LogP contribution in [0.4, 0.5) is 0 Å². The van der Waals surface area contributed by atoms with Crippen molar-refractivity contribution < 1.29 is 25.7 Å². The first kappa shape index (κ1) is 26.0. The third-order valence-electron chi connectivity index (χ3n) is 2.82. The van der Waals surface area contributed by atoms with E-state index in [0.29, 0.717) is 0 Å². The molecule has 0 aliphatic heterocycles. The number of rotatable bonds is 0. The third kappa shape index (κ3) is 13.7. The predicted octanol–water partition coefficient (Wildman–Crippen LogP) is 4.96. The molecule has 0 saturated carbocycles. The van der Waals surface area contributed by atoms with Gasteiger partial charge in [-0.25, -0.2) is 0 Å². The largest absolute Gasteiger partial charge is 0 e. The summed E-state index contributed by atoms with van der Waals surface area (Å²) < 4.78 is 7.50. The summed E-state index contributed by atoms with van der Waals surface area (Å²) in [5.74, 6) is 7.58. The monoisotopic (exact) mass is 518 g/mol. The molecule has 0 amide bonds. The van der Waals surface area contributed by atoms with Gasteiger partial charge in [-0.3, -0.25) is 0 Å². The van der Waals surface area contributed by atoms with Crippen molar-refractivity contribution in [1.29, 1.82) is 0 Å². The molecule has 0 unspecified atom stereocenters. The number of hydrogen-bond donors (Lipinski definition) is 0. The molecule has 0 spiro atoms. The van der Waals surface area contributed by atoms with Crippen LogP contribution in [0, 0.1) is 43.7 Å². The maximum absolute atomic E-state index is 7.50. The first-order valence-corrected chi connectivity index (χ1v) is 7.55. The molecule has 3 aromatic carbocycles. The minimum absolute atomic E-state index is 0. The fourth-order valence-electron chi connectivity index (χ4n) is 1.60. The fraction of sp³-hybridized carbons (Fsp3) is 0. The van der Waals surface area contributed by atoms with Crippen molar-refractivity contribution in [2.24, 2.45) is 0 Å². The van der Waals surface area contributed by atoms with E-state index in [4.69, 9.17) is 23.9 Å². The summed E-state index contributed by atoms with van der Waals surface area (Å²) in [5, 5.41) is 0. The molecule has 0 aromatic heterocycles. The van der Waals surface area contributed by atoms with Gasteiger partial charge in [0.2, 0.25) is 0 Å². The van der Waals surface area contributed by atoms with Crippen LogP contribution >= 0.6 is 0 Å². The summed E-state index contributed by atoms with van der Waals surface area (Å²) in [6.45, 7) is 4.50. The molecule has 3 aromatic rings. The van der Waals surface area contributed by atoms with Gasteiger partial charge in [-0.1, -0.05) is 72.4 Å². The van der Waals surface area contributed by atoms with Gasteiger partial charge in [0.25, 0.3) is 0 Å². The zero-order valence-corrected chi connectivity index (χ0v) is 17.6. The van der Waals surface area contributed by atoms with Crippen LogP contribution in [0.2, 0.25) is 0 Å². The Labute approximate surface area is 176 Å². The normalized spacial score (nSPS) is 7.07. The Hall–Kier alpha value is -3.23. The van der Waals surface area contributed by atoms with Crippen LogP contribution in [0.15, 0.2) is 91.0 Å². The van der Waals surface area contributed by atoms with Gasteiger partial charge in [-0.2, -0.15) is 0 Å². The first-order valence-electron chi connectivity index (χ1n) is 7.55. The van der Waals surface area contributed by atoms with Crippen LogP contribution in [-0.2, 0) is 25.7 Å². The Morgan fingerprint density at radius 1 is 0.481 bits per heavy atom. The Bertz CT molecular complexity index is 744. The molecule has 27 heavy (non-hydrogen) atoms. The molecule has 0 radical (unpaired) electrons. The smallest absolute Gasteiger partial charge is 0 e. The minimum atomic E-state index is 0. The molecule has 0 aliphatic rings. The zero-order chi connectivity index (χ0) is 19.5. The van der Waals surface area contributed by atoms with Crippen LogP contribution in [0.25, 0.3) is 0 Å². The van der Waals surface area contributed by atoms with Crippen LogP contribution in [0.1, 0.15) is 16.7 Å². The molecule has 1 nitrogen and oxygen atoms in total. The van der Waals surface area contributed by atoms with Crippen LogP contribution in [-0.4, -0.2) is 0 Å². The summed E-state index contributed by atoms with van der Waals surface area (Å²) in [6, 6.07) is 28.8. The summed E-state index contributed by atoms with van der Waals surface area (Å²) in [4.78, 5) is 0. The van der Waals surface area contributed by atoms with Crippen molar-refractivity contribution >= 4 is 0 Å². The topological polar surface area (TPSA) is 19.9 Å². The Morgan fingerprint density at radius 3 is 0.778 bits per heavy atom. The molecule has 0 atom stereocenters. The van der Waals surface area contributed by atoms with Gasteiger partial charge in [-0.15, -0.1) is 19.3 Å². The summed E-state index contributed by atoms with van der Waals surface area (Å²) in [5.41, 5.74) is 2.81. The maximum Gasteiger partial charge on any atom is 0 e. The van der Waals surface area contributed by atoms with E-state index in [1.807, 2.05) is 91.0 Å². The second kappa shape index (κ2) is 19.1.